The molecule has 1 aliphatic heterocycles. The van der Waals surface area contributed by atoms with E-state index in [2.05, 4.69) is 10.3 Å². The first-order chi connectivity index (χ1) is 14.7. The Kier molecular flexibility index (Phi) is 6.28. The van der Waals surface area contributed by atoms with Crippen molar-refractivity contribution in [2.75, 3.05) is 24.5 Å². The second-order valence-electron chi connectivity index (χ2n) is 8.50. The van der Waals surface area contributed by atoms with E-state index in [4.69, 9.17) is 11.6 Å². The minimum atomic E-state index is -2.60. The zero-order valence-electron chi connectivity index (χ0n) is 16.9. The molecule has 4 nitrogen and oxygen atoms in total. The normalized spacial score (nSPS) is 21.7. The highest BCUT2D eigenvalue weighted by Gasteiger charge is 2.35. The van der Waals surface area contributed by atoms with Gasteiger partial charge in [0, 0.05) is 43.8 Å². The molecule has 1 atom stereocenters. The van der Waals surface area contributed by atoms with Crippen LogP contribution < -0.4 is 10.2 Å². The molecule has 1 aromatic heterocycles. The zero-order chi connectivity index (χ0) is 22.2. The van der Waals surface area contributed by atoms with Gasteiger partial charge in [-0.3, -0.25) is 4.79 Å². The number of amides is 1. The molecule has 1 saturated heterocycles. The first-order valence-electron chi connectivity index (χ1n) is 10.5. The summed E-state index contributed by atoms with van der Waals surface area (Å²) in [7, 11) is 0. The minimum absolute atomic E-state index is 0.0139. The molecule has 4 rings (SSSR count). The largest absolute Gasteiger partial charge is 0.356 e. The van der Waals surface area contributed by atoms with Gasteiger partial charge in [-0.1, -0.05) is 11.6 Å². The van der Waals surface area contributed by atoms with Crippen molar-refractivity contribution in [2.45, 2.75) is 44.5 Å². The lowest BCUT2D eigenvalue weighted by Crippen LogP contribution is -2.34. The van der Waals surface area contributed by atoms with Crippen LogP contribution in [0.5, 0.6) is 0 Å². The number of anilines is 1. The van der Waals surface area contributed by atoms with Crippen LogP contribution in [0.4, 0.5) is 23.4 Å². The molecule has 1 aliphatic carbocycles. The maximum Gasteiger partial charge on any atom is 0.253 e. The maximum absolute atomic E-state index is 13.3. The Balaban J connectivity index is 1.48. The molecule has 168 valence electrons. The van der Waals surface area contributed by atoms with Crippen LogP contribution in [0.3, 0.4) is 0 Å². The molecular formula is C22H24ClF4N3O. The summed E-state index contributed by atoms with van der Waals surface area (Å²) in [6.07, 6.45) is -1.50. The van der Waals surface area contributed by atoms with Crippen LogP contribution in [0.2, 0.25) is 5.02 Å². The average molecular weight is 458 g/mol. The third kappa shape index (κ3) is 4.89. The van der Waals surface area contributed by atoms with E-state index in [1.807, 2.05) is 4.90 Å². The summed E-state index contributed by atoms with van der Waals surface area (Å²) in [4.78, 5) is 19.2. The van der Waals surface area contributed by atoms with Crippen LogP contribution in [0.25, 0.3) is 10.9 Å². The SMILES string of the molecule is O=C(NCC1CCC(F)(F)CC1)c1c(Cl)ccc2nc(N3CCC(C(F)F)C3)ccc12. The fourth-order valence-electron chi connectivity index (χ4n) is 4.40. The lowest BCUT2D eigenvalue weighted by Gasteiger charge is -2.28. The molecular weight excluding hydrogens is 434 g/mol. The van der Waals surface area contributed by atoms with Crippen molar-refractivity contribution in [3.8, 4) is 0 Å². The van der Waals surface area contributed by atoms with Crippen molar-refractivity contribution in [3.63, 3.8) is 0 Å². The molecule has 31 heavy (non-hydrogen) atoms. The number of carbonyl (C=O) groups is 1. The highest BCUT2D eigenvalue weighted by Crippen LogP contribution is 2.36. The third-order valence-electron chi connectivity index (χ3n) is 6.33. The van der Waals surface area contributed by atoms with Gasteiger partial charge in [0.15, 0.2) is 0 Å². The molecule has 1 aromatic carbocycles. The van der Waals surface area contributed by atoms with Crippen LogP contribution in [-0.4, -0.2) is 42.9 Å². The van der Waals surface area contributed by atoms with Gasteiger partial charge in [0.2, 0.25) is 12.3 Å². The summed E-state index contributed by atoms with van der Waals surface area (Å²) in [5.41, 5.74) is 0.830. The second kappa shape index (κ2) is 8.81. The van der Waals surface area contributed by atoms with Crippen molar-refractivity contribution in [2.24, 2.45) is 11.8 Å². The smallest absolute Gasteiger partial charge is 0.253 e. The van der Waals surface area contributed by atoms with Gasteiger partial charge in [-0.25, -0.2) is 22.5 Å². The lowest BCUT2D eigenvalue weighted by atomic mass is 9.87. The number of hydrogen-bond donors (Lipinski definition) is 1. The van der Waals surface area contributed by atoms with Crippen LogP contribution in [0, 0.1) is 11.8 Å². The molecule has 1 N–H and O–H groups in total. The Bertz CT molecular complexity index is 961. The van der Waals surface area contributed by atoms with Gasteiger partial charge in [0.1, 0.15) is 5.82 Å². The molecule has 9 heteroatoms. The third-order valence-corrected chi connectivity index (χ3v) is 6.64. The van der Waals surface area contributed by atoms with Gasteiger partial charge < -0.3 is 10.2 Å². The van der Waals surface area contributed by atoms with E-state index in [9.17, 15) is 22.4 Å². The molecule has 0 spiro atoms. The lowest BCUT2D eigenvalue weighted by molar-refractivity contribution is -0.0452. The van der Waals surface area contributed by atoms with Crippen molar-refractivity contribution >= 4 is 34.2 Å². The number of halogens is 5. The molecule has 0 bridgehead atoms. The summed E-state index contributed by atoms with van der Waals surface area (Å²) < 4.78 is 52.6. The molecule has 1 unspecified atom stereocenters. The van der Waals surface area contributed by atoms with E-state index in [1.165, 1.54) is 0 Å². The van der Waals surface area contributed by atoms with Gasteiger partial charge in [0.05, 0.1) is 16.1 Å². The highest BCUT2D eigenvalue weighted by atomic mass is 35.5. The zero-order valence-corrected chi connectivity index (χ0v) is 17.6. The molecule has 2 fully saturated rings. The average Bonchev–Trinajstić information content (AvgIpc) is 3.23. The summed E-state index contributed by atoms with van der Waals surface area (Å²) in [5, 5.41) is 3.66. The topological polar surface area (TPSA) is 45.2 Å². The van der Waals surface area contributed by atoms with E-state index in [-0.39, 0.29) is 41.8 Å². The van der Waals surface area contributed by atoms with Crippen LogP contribution in [-0.2, 0) is 0 Å². The number of rotatable bonds is 5. The van der Waals surface area contributed by atoms with Crippen molar-refractivity contribution in [1.82, 2.24) is 10.3 Å². The van der Waals surface area contributed by atoms with E-state index in [1.54, 1.807) is 24.3 Å². The summed E-state index contributed by atoms with van der Waals surface area (Å²) >= 11 is 6.30. The van der Waals surface area contributed by atoms with Gasteiger partial charge >= 0.3 is 0 Å². The molecule has 2 heterocycles. The monoisotopic (exact) mass is 457 g/mol. The number of benzene rings is 1. The first kappa shape index (κ1) is 22.1. The number of carbonyl (C=O) groups excluding carboxylic acids is 1. The molecule has 1 saturated carbocycles. The van der Waals surface area contributed by atoms with E-state index < -0.39 is 18.3 Å². The molecule has 1 amide bonds. The molecule has 2 aliphatic rings. The quantitative estimate of drug-likeness (QED) is 0.600. The highest BCUT2D eigenvalue weighted by molar-refractivity contribution is 6.35. The van der Waals surface area contributed by atoms with Gasteiger partial charge in [-0.15, -0.1) is 0 Å². The number of hydrogen-bond acceptors (Lipinski definition) is 3. The number of aromatic nitrogens is 1. The first-order valence-corrected chi connectivity index (χ1v) is 10.9. The maximum atomic E-state index is 13.3. The van der Waals surface area contributed by atoms with Crippen molar-refractivity contribution in [3.05, 3.63) is 34.9 Å². The van der Waals surface area contributed by atoms with E-state index in [0.717, 1.165) is 0 Å². The Morgan fingerprint density at radius 1 is 1.19 bits per heavy atom. The van der Waals surface area contributed by atoms with Crippen molar-refractivity contribution in [1.29, 1.82) is 0 Å². The van der Waals surface area contributed by atoms with Gasteiger partial charge in [-0.2, -0.15) is 0 Å². The van der Waals surface area contributed by atoms with E-state index >= 15 is 0 Å². The predicted molar refractivity (Wildman–Crippen MR) is 112 cm³/mol. The Hall–Kier alpha value is -2.09. The second-order valence-corrected chi connectivity index (χ2v) is 8.90. The Morgan fingerprint density at radius 3 is 2.61 bits per heavy atom. The Morgan fingerprint density at radius 2 is 1.94 bits per heavy atom. The van der Waals surface area contributed by atoms with Gasteiger partial charge in [0.25, 0.3) is 5.91 Å². The van der Waals surface area contributed by atoms with E-state index in [0.29, 0.717) is 49.1 Å². The van der Waals surface area contributed by atoms with Crippen LogP contribution >= 0.6 is 11.6 Å². The fraction of sp³-hybridized carbons (Fsp3) is 0.545. The predicted octanol–water partition coefficient (Wildman–Crippen LogP) is 5.53. The number of nitrogens with one attached hydrogen (secondary N) is 1. The number of pyridine rings is 1. The summed E-state index contributed by atoms with van der Waals surface area (Å²) in [6, 6.07) is 6.73. The fourth-order valence-corrected chi connectivity index (χ4v) is 4.65. The summed E-state index contributed by atoms with van der Waals surface area (Å²) in [5.74, 6) is -3.04. The van der Waals surface area contributed by atoms with Crippen LogP contribution in [0.15, 0.2) is 24.3 Å². The van der Waals surface area contributed by atoms with Gasteiger partial charge in [-0.05, 0) is 49.4 Å². The number of alkyl halides is 4. The molecule has 0 radical (unpaired) electrons. The minimum Gasteiger partial charge on any atom is -0.356 e. The number of fused-ring (bicyclic) bond motifs is 1. The van der Waals surface area contributed by atoms with Crippen molar-refractivity contribution < 1.29 is 22.4 Å². The number of nitrogens with zero attached hydrogens (tertiary/aromatic N) is 2. The summed E-state index contributed by atoms with van der Waals surface area (Å²) in [6.45, 7) is 1.07. The standard InChI is InChI=1S/C22H24ClF4N3O/c23-16-2-3-17-15(1-4-18(29-17)30-10-7-14(12-30)20(24)25)19(16)21(31)28-11-13-5-8-22(26,27)9-6-13/h1-4,13-14,20H,5-12H2,(H,28,31). The van der Waals surface area contributed by atoms with Crippen LogP contribution in [0.1, 0.15) is 42.5 Å². The molecule has 2 aromatic rings. The Labute approximate surface area is 183 Å².